The van der Waals surface area contributed by atoms with Gasteiger partial charge in [-0.15, -0.1) is 0 Å². The van der Waals surface area contributed by atoms with Crippen molar-refractivity contribution in [2.75, 3.05) is 27.4 Å². The van der Waals surface area contributed by atoms with Gasteiger partial charge in [0.25, 0.3) is 0 Å². The third-order valence-corrected chi connectivity index (χ3v) is 3.36. The SMILES string of the molecule is COCCCCOc1c(Cl)cc(CBr)cc1OC. The van der Waals surface area contributed by atoms with Gasteiger partial charge in [0.15, 0.2) is 11.5 Å². The topological polar surface area (TPSA) is 27.7 Å². The maximum atomic E-state index is 6.18. The van der Waals surface area contributed by atoms with E-state index < -0.39 is 0 Å². The van der Waals surface area contributed by atoms with E-state index in [4.69, 9.17) is 25.8 Å². The van der Waals surface area contributed by atoms with Crippen LogP contribution in [0.2, 0.25) is 5.02 Å². The van der Waals surface area contributed by atoms with Gasteiger partial charge >= 0.3 is 0 Å². The summed E-state index contributed by atoms with van der Waals surface area (Å²) in [6, 6.07) is 3.80. The smallest absolute Gasteiger partial charge is 0.179 e. The van der Waals surface area contributed by atoms with Gasteiger partial charge in [-0.3, -0.25) is 0 Å². The number of benzene rings is 1. The molecule has 0 fully saturated rings. The van der Waals surface area contributed by atoms with Crippen LogP contribution in [0.3, 0.4) is 0 Å². The Morgan fingerprint density at radius 2 is 1.89 bits per heavy atom. The predicted octanol–water partition coefficient (Wildman–Crippen LogP) is 4.05. The number of methoxy groups -OCH3 is 2. The van der Waals surface area contributed by atoms with Gasteiger partial charge in [0.2, 0.25) is 0 Å². The second kappa shape index (κ2) is 8.62. The summed E-state index contributed by atoms with van der Waals surface area (Å²) in [7, 11) is 3.31. The van der Waals surface area contributed by atoms with E-state index in [0.717, 1.165) is 30.3 Å². The molecule has 0 amide bonds. The van der Waals surface area contributed by atoms with Gasteiger partial charge in [0, 0.05) is 19.0 Å². The van der Waals surface area contributed by atoms with E-state index in [9.17, 15) is 0 Å². The van der Waals surface area contributed by atoms with Gasteiger partial charge in [0.05, 0.1) is 18.7 Å². The Balaban J connectivity index is 2.63. The summed E-state index contributed by atoms with van der Waals surface area (Å²) in [5, 5.41) is 1.31. The van der Waals surface area contributed by atoms with Crippen LogP contribution in [0.1, 0.15) is 18.4 Å². The lowest BCUT2D eigenvalue weighted by Gasteiger charge is -2.13. The molecule has 0 atom stereocenters. The van der Waals surface area contributed by atoms with Crippen molar-refractivity contribution in [1.82, 2.24) is 0 Å². The zero-order chi connectivity index (χ0) is 13.4. The molecule has 0 saturated carbocycles. The molecular formula is C13H18BrClO3. The number of ether oxygens (including phenoxy) is 3. The van der Waals surface area contributed by atoms with Crippen molar-refractivity contribution >= 4 is 27.5 Å². The number of rotatable bonds is 8. The fourth-order valence-corrected chi connectivity index (χ4v) is 2.12. The van der Waals surface area contributed by atoms with Crippen LogP contribution >= 0.6 is 27.5 Å². The molecule has 1 aromatic rings. The quantitative estimate of drug-likeness (QED) is 0.529. The molecule has 0 aliphatic heterocycles. The number of hydrogen-bond acceptors (Lipinski definition) is 3. The first-order chi connectivity index (χ1) is 8.72. The van der Waals surface area contributed by atoms with E-state index in [0.29, 0.717) is 23.1 Å². The molecule has 0 spiro atoms. The molecule has 1 rings (SSSR count). The van der Waals surface area contributed by atoms with E-state index in [2.05, 4.69) is 15.9 Å². The average Bonchev–Trinajstić information content (AvgIpc) is 2.39. The maximum absolute atomic E-state index is 6.18. The average molecular weight is 338 g/mol. The molecule has 0 unspecified atom stereocenters. The normalized spacial score (nSPS) is 10.4. The van der Waals surface area contributed by atoms with Gasteiger partial charge in [-0.05, 0) is 30.5 Å². The molecule has 0 aliphatic rings. The Morgan fingerprint density at radius 3 is 2.50 bits per heavy atom. The van der Waals surface area contributed by atoms with Crippen LogP contribution in [0, 0.1) is 0 Å². The van der Waals surface area contributed by atoms with Crippen LogP contribution in [0.25, 0.3) is 0 Å². The molecule has 18 heavy (non-hydrogen) atoms. The molecule has 5 heteroatoms. The molecule has 0 radical (unpaired) electrons. The van der Waals surface area contributed by atoms with E-state index in [1.54, 1.807) is 14.2 Å². The van der Waals surface area contributed by atoms with Crippen LogP contribution < -0.4 is 9.47 Å². The second-order valence-electron chi connectivity index (χ2n) is 3.79. The standard InChI is InChI=1S/C13H18BrClO3/c1-16-5-3-4-6-18-13-11(15)7-10(9-14)8-12(13)17-2/h7-8H,3-6,9H2,1-2H3. The van der Waals surface area contributed by atoms with E-state index >= 15 is 0 Å². The largest absolute Gasteiger partial charge is 0.493 e. The highest BCUT2D eigenvalue weighted by Gasteiger charge is 2.11. The minimum absolute atomic E-state index is 0.579. The molecule has 3 nitrogen and oxygen atoms in total. The van der Waals surface area contributed by atoms with Gasteiger partial charge in [-0.25, -0.2) is 0 Å². The lowest BCUT2D eigenvalue weighted by Crippen LogP contribution is -2.02. The van der Waals surface area contributed by atoms with Crippen molar-refractivity contribution < 1.29 is 14.2 Å². The summed E-state index contributed by atoms with van der Waals surface area (Å²) in [6.45, 7) is 1.35. The third kappa shape index (κ3) is 4.67. The summed E-state index contributed by atoms with van der Waals surface area (Å²) in [4.78, 5) is 0. The lowest BCUT2D eigenvalue weighted by molar-refractivity contribution is 0.183. The van der Waals surface area contributed by atoms with Crippen LogP contribution in [0.15, 0.2) is 12.1 Å². The van der Waals surface area contributed by atoms with Gasteiger partial charge in [-0.1, -0.05) is 27.5 Å². The number of hydrogen-bond donors (Lipinski definition) is 0. The lowest BCUT2D eigenvalue weighted by atomic mass is 10.2. The van der Waals surface area contributed by atoms with Gasteiger partial charge in [0.1, 0.15) is 0 Å². The summed E-state index contributed by atoms with van der Waals surface area (Å²) in [5.74, 6) is 1.28. The maximum Gasteiger partial charge on any atom is 0.179 e. The van der Waals surface area contributed by atoms with Crippen molar-refractivity contribution in [1.29, 1.82) is 0 Å². The second-order valence-corrected chi connectivity index (χ2v) is 4.76. The van der Waals surface area contributed by atoms with E-state index in [1.807, 2.05) is 12.1 Å². The van der Waals surface area contributed by atoms with E-state index in [1.165, 1.54) is 0 Å². The fourth-order valence-electron chi connectivity index (χ4n) is 1.51. The highest BCUT2D eigenvalue weighted by atomic mass is 79.9. The predicted molar refractivity (Wildman–Crippen MR) is 77.2 cm³/mol. The zero-order valence-electron chi connectivity index (χ0n) is 10.7. The highest BCUT2D eigenvalue weighted by Crippen LogP contribution is 2.37. The first-order valence-corrected chi connectivity index (χ1v) is 7.27. The Hall–Kier alpha value is -0.450. The molecular weight excluding hydrogens is 319 g/mol. The monoisotopic (exact) mass is 336 g/mol. The van der Waals surface area contributed by atoms with Crippen LogP contribution in [0.5, 0.6) is 11.5 Å². The summed E-state index contributed by atoms with van der Waals surface area (Å²) < 4.78 is 16.0. The fraction of sp³-hybridized carbons (Fsp3) is 0.538. The summed E-state index contributed by atoms with van der Waals surface area (Å²) in [6.07, 6.45) is 1.89. The molecule has 102 valence electrons. The summed E-state index contributed by atoms with van der Waals surface area (Å²) in [5.41, 5.74) is 1.06. The van der Waals surface area contributed by atoms with Crippen molar-refractivity contribution in [3.63, 3.8) is 0 Å². The Bertz CT molecular complexity index is 371. The van der Waals surface area contributed by atoms with Crippen LogP contribution in [-0.4, -0.2) is 27.4 Å². The van der Waals surface area contributed by atoms with Crippen LogP contribution in [0.4, 0.5) is 0 Å². The summed E-state index contributed by atoms with van der Waals surface area (Å²) >= 11 is 9.57. The first kappa shape index (κ1) is 15.6. The number of alkyl halides is 1. The molecule has 0 aromatic heterocycles. The number of halogens is 2. The Labute approximate surface area is 121 Å². The van der Waals surface area contributed by atoms with E-state index in [-0.39, 0.29) is 0 Å². The molecule has 0 bridgehead atoms. The minimum Gasteiger partial charge on any atom is -0.493 e. The highest BCUT2D eigenvalue weighted by molar-refractivity contribution is 9.08. The van der Waals surface area contributed by atoms with Gasteiger partial charge < -0.3 is 14.2 Å². The molecule has 0 aliphatic carbocycles. The zero-order valence-corrected chi connectivity index (χ0v) is 13.0. The van der Waals surface area contributed by atoms with Gasteiger partial charge in [-0.2, -0.15) is 0 Å². The van der Waals surface area contributed by atoms with Crippen molar-refractivity contribution in [2.24, 2.45) is 0 Å². The molecule has 0 N–H and O–H groups in total. The number of unbranched alkanes of at least 4 members (excludes halogenated alkanes) is 1. The molecule has 0 heterocycles. The van der Waals surface area contributed by atoms with Crippen LogP contribution in [-0.2, 0) is 10.1 Å². The third-order valence-electron chi connectivity index (χ3n) is 2.43. The molecule has 1 aromatic carbocycles. The van der Waals surface area contributed by atoms with Crippen molar-refractivity contribution in [3.05, 3.63) is 22.7 Å². The molecule has 0 saturated heterocycles. The van der Waals surface area contributed by atoms with Crippen molar-refractivity contribution in [3.8, 4) is 11.5 Å². The Morgan fingerprint density at radius 1 is 1.17 bits per heavy atom. The minimum atomic E-state index is 0.579. The Kier molecular flexibility index (Phi) is 7.47. The first-order valence-electron chi connectivity index (χ1n) is 5.77. The van der Waals surface area contributed by atoms with Crippen molar-refractivity contribution in [2.45, 2.75) is 18.2 Å².